The van der Waals surface area contributed by atoms with Gasteiger partial charge in [-0.05, 0) is 41.3 Å². The van der Waals surface area contributed by atoms with Gasteiger partial charge >= 0.3 is 0 Å². The van der Waals surface area contributed by atoms with Crippen LogP contribution in [0.4, 0.5) is 0 Å². The molecule has 0 aliphatic rings. The van der Waals surface area contributed by atoms with E-state index in [1.165, 1.54) is 0 Å². The average molecular weight is 422 g/mol. The Morgan fingerprint density at radius 2 is 2.04 bits per heavy atom. The molecule has 8 heteroatoms. The molecule has 0 unspecified atom stereocenters. The summed E-state index contributed by atoms with van der Waals surface area (Å²) in [6.07, 6.45) is 1.67. The van der Waals surface area contributed by atoms with Gasteiger partial charge in [0, 0.05) is 15.8 Å². The first-order chi connectivity index (χ1) is 12.7. The van der Waals surface area contributed by atoms with Crippen LogP contribution in [0.3, 0.4) is 0 Å². The van der Waals surface area contributed by atoms with E-state index in [-0.39, 0.29) is 0 Å². The van der Waals surface area contributed by atoms with E-state index < -0.39 is 0 Å². The normalized spacial score (nSPS) is 11.2. The number of halogens is 2. The number of furan rings is 1. The number of rotatable bonds is 6. The Kier molecular flexibility index (Phi) is 5.36. The predicted molar refractivity (Wildman–Crippen MR) is 107 cm³/mol. The van der Waals surface area contributed by atoms with E-state index in [1.807, 2.05) is 41.8 Å². The van der Waals surface area contributed by atoms with Gasteiger partial charge in [-0.2, -0.15) is 0 Å². The molecular formula is C18H13Cl2N3OS2. The van der Waals surface area contributed by atoms with Crippen LogP contribution in [-0.2, 0) is 12.3 Å². The molecule has 0 amide bonds. The Labute approximate surface area is 168 Å². The van der Waals surface area contributed by atoms with Crippen LogP contribution < -0.4 is 0 Å². The molecule has 0 aliphatic carbocycles. The highest BCUT2D eigenvalue weighted by atomic mass is 35.5. The summed E-state index contributed by atoms with van der Waals surface area (Å²) in [5, 5.41) is 12.9. The number of aromatic nitrogens is 3. The van der Waals surface area contributed by atoms with Gasteiger partial charge in [-0.1, -0.05) is 47.1 Å². The van der Waals surface area contributed by atoms with Crippen molar-refractivity contribution in [1.29, 1.82) is 0 Å². The fourth-order valence-electron chi connectivity index (χ4n) is 2.47. The maximum absolute atomic E-state index is 6.28. The summed E-state index contributed by atoms with van der Waals surface area (Å²) in [4.78, 5) is 1.07. The van der Waals surface area contributed by atoms with Crippen molar-refractivity contribution in [2.75, 3.05) is 0 Å². The van der Waals surface area contributed by atoms with Gasteiger partial charge in [0.2, 0.25) is 0 Å². The second-order valence-electron chi connectivity index (χ2n) is 5.47. The summed E-state index contributed by atoms with van der Waals surface area (Å²) in [7, 11) is 0. The highest BCUT2D eigenvalue weighted by molar-refractivity contribution is 7.98. The summed E-state index contributed by atoms with van der Waals surface area (Å²) in [6, 6.07) is 13.4. The van der Waals surface area contributed by atoms with Crippen molar-refractivity contribution in [3.05, 3.63) is 75.5 Å². The van der Waals surface area contributed by atoms with Crippen molar-refractivity contribution < 1.29 is 4.42 Å². The van der Waals surface area contributed by atoms with Gasteiger partial charge in [0.25, 0.3) is 0 Å². The first-order valence-electron chi connectivity index (χ1n) is 7.77. The van der Waals surface area contributed by atoms with Crippen LogP contribution in [-0.4, -0.2) is 14.8 Å². The number of thioether (sulfide) groups is 1. The lowest BCUT2D eigenvalue weighted by atomic mass is 10.2. The molecule has 0 spiro atoms. The van der Waals surface area contributed by atoms with E-state index in [0.29, 0.717) is 22.3 Å². The minimum atomic E-state index is 0.573. The largest absolute Gasteiger partial charge is 0.467 e. The lowest BCUT2D eigenvalue weighted by molar-refractivity contribution is 0.485. The molecule has 26 heavy (non-hydrogen) atoms. The maximum Gasteiger partial charge on any atom is 0.192 e. The molecule has 3 aromatic heterocycles. The average Bonchev–Trinajstić information content (AvgIpc) is 3.36. The van der Waals surface area contributed by atoms with Gasteiger partial charge in [0.05, 0.1) is 17.7 Å². The SMILES string of the molecule is Clc1ccc(CSc2nnc(-c3cccs3)n2Cc2ccco2)c(Cl)c1. The fraction of sp³-hybridized carbons (Fsp3) is 0.111. The summed E-state index contributed by atoms with van der Waals surface area (Å²) in [5.41, 5.74) is 1.01. The Morgan fingerprint density at radius 3 is 2.77 bits per heavy atom. The highest BCUT2D eigenvalue weighted by Crippen LogP contribution is 2.31. The van der Waals surface area contributed by atoms with E-state index in [1.54, 1.807) is 35.4 Å². The van der Waals surface area contributed by atoms with Crippen molar-refractivity contribution >= 4 is 46.3 Å². The molecule has 3 heterocycles. The van der Waals surface area contributed by atoms with Crippen LogP contribution in [0.1, 0.15) is 11.3 Å². The molecule has 0 fully saturated rings. The Balaban J connectivity index is 1.62. The smallest absolute Gasteiger partial charge is 0.192 e. The Bertz CT molecular complexity index is 998. The second-order valence-corrected chi connectivity index (χ2v) is 8.21. The zero-order chi connectivity index (χ0) is 17.9. The zero-order valence-electron chi connectivity index (χ0n) is 13.4. The van der Waals surface area contributed by atoms with E-state index in [0.717, 1.165) is 27.2 Å². The van der Waals surface area contributed by atoms with Gasteiger partial charge < -0.3 is 4.42 Å². The van der Waals surface area contributed by atoms with E-state index in [4.69, 9.17) is 27.6 Å². The fourth-order valence-corrected chi connectivity index (χ4v) is 4.68. The molecule has 0 atom stereocenters. The van der Waals surface area contributed by atoms with Gasteiger partial charge in [-0.15, -0.1) is 21.5 Å². The summed E-state index contributed by atoms with van der Waals surface area (Å²) in [5.74, 6) is 2.37. The molecule has 4 nitrogen and oxygen atoms in total. The van der Waals surface area contributed by atoms with Crippen molar-refractivity contribution in [3.63, 3.8) is 0 Å². The van der Waals surface area contributed by atoms with Gasteiger partial charge in [-0.25, -0.2) is 0 Å². The standard InChI is InChI=1S/C18H13Cl2N3OS2/c19-13-6-5-12(15(20)9-13)11-26-18-22-21-17(16-4-2-8-25-16)23(18)10-14-3-1-7-24-14/h1-9H,10-11H2. The van der Waals surface area contributed by atoms with Gasteiger partial charge in [-0.3, -0.25) is 4.57 Å². The number of hydrogen-bond donors (Lipinski definition) is 0. The molecule has 4 rings (SSSR count). The molecule has 4 aromatic rings. The number of hydrogen-bond acceptors (Lipinski definition) is 5. The van der Waals surface area contributed by atoms with Crippen LogP contribution >= 0.6 is 46.3 Å². The van der Waals surface area contributed by atoms with Crippen LogP contribution in [0.25, 0.3) is 10.7 Å². The monoisotopic (exact) mass is 421 g/mol. The van der Waals surface area contributed by atoms with Crippen molar-refractivity contribution in [2.24, 2.45) is 0 Å². The third-order valence-corrected chi connectivity index (χ3v) is 6.19. The van der Waals surface area contributed by atoms with Crippen LogP contribution in [0.2, 0.25) is 10.0 Å². The molecule has 0 saturated carbocycles. The molecule has 0 N–H and O–H groups in total. The predicted octanol–water partition coefficient (Wildman–Crippen LogP) is 6.25. The van der Waals surface area contributed by atoms with E-state index in [9.17, 15) is 0 Å². The minimum absolute atomic E-state index is 0.573. The van der Waals surface area contributed by atoms with Gasteiger partial charge in [0.1, 0.15) is 5.76 Å². The molecule has 0 radical (unpaired) electrons. The first-order valence-corrected chi connectivity index (χ1v) is 10.4. The third-order valence-electron chi connectivity index (χ3n) is 3.72. The number of nitrogens with zero attached hydrogens (tertiary/aromatic N) is 3. The molecule has 132 valence electrons. The third kappa shape index (κ3) is 3.83. The Hall–Kier alpha value is -1.73. The number of benzene rings is 1. The lowest BCUT2D eigenvalue weighted by Crippen LogP contribution is -2.03. The van der Waals surface area contributed by atoms with Crippen LogP contribution in [0, 0.1) is 0 Å². The van der Waals surface area contributed by atoms with E-state index in [2.05, 4.69) is 14.8 Å². The van der Waals surface area contributed by atoms with Crippen LogP contribution in [0.15, 0.2) is 63.7 Å². The maximum atomic E-state index is 6.28. The zero-order valence-corrected chi connectivity index (χ0v) is 16.6. The Morgan fingerprint density at radius 1 is 1.12 bits per heavy atom. The van der Waals surface area contributed by atoms with E-state index >= 15 is 0 Å². The minimum Gasteiger partial charge on any atom is -0.467 e. The number of thiophene rings is 1. The van der Waals surface area contributed by atoms with Crippen molar-refractivity contribution in [3.8, 4) is 10.7 Å². The molecule has 0 saturated heterocycles. The molecular weight excluding hydrogens is 409 g/mol. The summed E-state index contributed by atoms with van der Waals surface area (Å²) >= 11 is 15.5. The second kappa shape index (κ2) is 7.88. The van der Waals surface area contributed by atoms with Crippen molar-refractivity contribution in [1.82, 2.24) is 14.8 Å². The summed E-state index contributed by atoms with van der Waals surface area (Å²) in [6.45, 7) is 0.573. The van der Waals surface area contributed by atoms with Gasteiger partial charge in [0.15, 0.2) is 11.0 Å². The lowest BCUT2D eigenvalue weighted by Gasteiger charge is -2.08. The molecule has 0 bridgehead atoms. The topological polar surface area (TPSA) is 43.9 Å². The highest BCUT2D eigenvalue weighted by Gasteiger charge is 2.17. The molecule has 1 aromatic carbocycles. The quantitative estimate of drug-likeness (QED) is 0.345. The molecule has 0 aliphatic heterocycles. The summed E-state index contributed by atoms with van der Waals surface area (Å²) < 4.78 is 7.58. The van der Waals surface area contributed by atoms with Crippen LogP contribution in [0.5, 0.6) is 0 Å². The van der Waals surface area contributed by atoms with Crippen molar-refractivity contribution in [2.45, 2.75) is 17.5 Å². The first kappa shape index (κ1) is 17.7.